The van der Waals surface area contributed by atoms with Crippen LogP contribution < -0.4 is 5.32 Å². The molecule has 25 heavy (non-hydrogen) atoms. The van der Waals surface area contributed by atoms with E-state index < -0.39 is 0 Å². The molecule has 0 unspecified atom stereocenters. The highest BCUT2D eigenvalue weighted by molar-refractivity contribution is 7.99. The van der Waals surface area contributed by atoms with Crippen LogP contribution in [0.3, 0.4) is 0 Å². The minimum absolute atomic E-state index is 0.0317. The van der Waals surface area contributed by atoms with Crippen molar-refractivity contribution in [3.8, 4) is 0 Å². The molecule has 0 aliphatic carbocycles. The average molecular weight is 355 g/mol. The van der Waals surface area contributed by atoms with Crippen molar-refractivity contribution in [1.82, 2.24) is 0 Å². The van der Waals surface area contributed by atoms with Gasteiger partial charge in [0, 0.05) is 40.2 Å². The molecule has 4 nitrogen and oxygen atoms in total. The van der Waals surface area contributed by atoms with Gasteiger partial charge in [-0.1, -0.05) is 30.0 Å². The van der Waals surface area contributed by atoms with E-state index in [0.717, 1.165) is 28.3 Å². The number of amides is 1. The van der Waals surface area contributed by atoms with E-state index in [1.807, 2.05) is 48.5 Å². The van der Waals surface area contributed by atoms with Gasteiger partial charge in [-0.3, -0.25) is 9.59 Å². The fraction of sp³-hybridized carbons (Fsp3) is 0.300. The van der Waals surface area contributed by atoms with Gasteiger partial charge >= 0.3 is 0 Å². The normalized spacial score (nSPS) is 14.9. The van der Waals surface area contributed by atoms with E-state index in [2.05, 4.69) is 5.32 Å². The SMILES string of the molecule is CC(=O)c1ccc(Sc2cccc(NC(=O)C3CCOCC3)c2)cc1. The van der Waals surface area contributed by atoms with Crippen molar-refractivity contribution in [2.75, 3.05) is 18.5 Å². The van der Waals surface area contributed by atoms with Gasteiger partial charge < -0.3 is 10.1 Å². The maximum absolute atomic E-state index is 12.3. The van der Waals surface area contributed by atoms with E-state index in [1.165, 1.54) is 0 Å². The second kappa shape index (κ2) is 8.32. The molecular weight excluding hydrogens is 334 g/mol. The largest absolute Gasteiger partial charge is 0.381 e. The van der Waals surface area contributed by atoms with Gasteiger partial charge in [-0.2, -0.15) is 0 Å². The van der Waals surface area contributed by atoms with Gasteiger partial charge in [0.2, 0.25) is 5.91 Å². The highest BCUT2D eigenvalue weighted by Gasteiger charge is 2.21. The number of ether oxygens (including phenoxy) is 1. The van der Waals surface area contributed by atoms with Crippen LogP contribution in [0.4, 0.5) is 5.69 Å². The first-order valence-electron chi connectivity index (χ1n) is 8.39. The Labute approximate surface area is 152 Å². The van der Waals surface area contributed by atoms with Gasteiger partial charge in [-0.15, -0.1) is 0 Å². The van der Waals surface area contributed by atoms with Crippen molar-refractivity contribution in [1.29, 1.82) is 0 Å². The molecule has 3 rings (SSSR count). The van der Waals surface area contributed by atoms with Gasteiger partial charge in [0.15, 0.2) is 5.78 Å². The summed E-state index contributed by atoms with van der Waals surface area (Å²) >= 11 is 1.60. The minimum Gasteiger partial charge on any atom is -0.381 e. The Morgan fingerprint density at radius 2 is 1.76 bits per heavy atom. The zero-order valence-electron chi connectivity index (χ0n) is 14.2. The fourth-order valence-corrected chi connectivity index (χ4v) is 3.61. The molecule has 1 heterocycles. The Hall–Kier alpha value is -2.11. The van der Waals surface area contributed by atoms with E-state index >= 15 is 0 Å². The molecule has 0 radical (unpaired) electrons. The van der Waals surface area contributed by atoms with Crippen LogP contribution in [0.2, 0.25) is 0 Å². The summed E-state index contributed by atoms with van der Waals surface area (Å²) in [6, 6.07) is 15.4. The van der Waals surface area contributed by atoms with E-state index in [1.54, 1.807) is 18.7 Å². The lowest BCUT2D eigenvalue weighted by Gasteiger charge is -2.21. The Morgan fingerprint density at radius 1 is 1.04 bits per heavy atom. The summed E-state index contributed by atoms with van der Waals surface area (Å²) < 4.78 is 5.30. The maximum atomic E-state index is 12.3. The number of rotatable bonds is 5. The second-order valence-electron chi connectivity index (χ2n) is 6.09. The summed E-state index contributed by atoms with van der Waals surface area (Å²) in [6.45, 7) is 2.88. The maximum Gasteiger partial charge on any atom is 0.227 e. The number of benzene rings is 2. The zero-order valence-corrected chi connectivity index (χ0v) is 15.0. The number of carbonyl (C=O) groups excluding carboxylic acids is 2. The standard InChI is InChI=1S/C20H21NO3S/c1-14(22)15-5-7-18(8-6-15)25-19-4-2-3-17(13-19)21-20(23)16-9-11-24-12-10-16/h2-8,13,16H,9-12H2,1H3,(H,21,23). The summed E-state index contributed by atoms with van der Waals surface area (Å²) in [6.07, 6.45) is 1.56. The van der Waals surface area contributed by atoms with E-state index in [4.69, 9.17) is 4.74 Å². The molecule has 0 spiro atoms. The summed E-state index contributed by atoms with van der Waals surface area (Å²) in [5.41, 5.74) is 1.52. The van der Waals surface area contributed by atoms with Crippen molar-refractivity contribution >= 4 is 29.1 Å². The number of nitrogens with one attached hydrogen (secondary N) is 1. The van der Waals surface area contributed by atoms with Crippen LogP contribution in [0.5, 0.6) is 0 Å². The predicted octanol–water partition coefficient (Wildman–Crippen LogP) is 4.41. The molecule has 1 saturated heterocycles. The lowest BCUT2D eigenvalue weighted by Crippen LogP contribution is -2.28. The van der Waals surface area contributed by atoms with Crippen LogP contribution >= 0.6 is 11.8 Å². The molecule has 1 fully saturated rings. The number of ketones is 1. The Kier molecular flexibility index (Phi) is 5.89. The molecule has 2 aromatic rings. The third-order valence-electron chi connectivity index (χ3n) is 4.19. The van der Waals surface area contributed by atoms with Crippen molar-refractivity contribution in [3.63, 3.8) is 0 Å². The number of hydrogen-bond donors (Lipinski definition) is 1. The third kappa shape index (κ3) is 4.94. The molecule has 2 aromatic carbocycles. The fourth-order valence-electron chi connectivity index (χ4n) is 2.74. The molecule has 1 aliphatic rings. The lowest BCUT2D eigenvalue weighted by atomic mass is 9.99. The van der Waals surface area contributed by atoms with E-state index in [9.17, 15) is 9.59 Å². The first kappa shape index (κ1) is 17.7. The molecule has 130 valence electrons. The topological polar surface area (TPSA) is 55.4 Å². The van der Waals surface area contributed by atoms with Crippen LogP contribution in [0.25, 0.3) is 0 Å². The van der Waals surface area contributed by atoms with Gasteiger partial charge in [-0.05, 0) is 50.1 Å². The Morgan fingerprint density at radius 3 is 2.44 bits per heavy atom. The molecule has 1 aliphatic heterocycles. The van der Waals surface area contributed by atoms with Gasteiger partial charge in [0.1, 0.15) is 0 Å². The summed E-state index contributed by atoms with van der Waals surface area (Å²) in [7, 11) is 0. The van der Waals surface area contributed by atoms with Crippen LogP contribution in [0, 0.1) is 5.92 Å². The third-order valence-corrected chi connectivity index (χ3v) is 5.19. The Bertz CT molecular complexity index is 752. The smallest absolute Gasteiger partial charge is 0.227 e. The predicted molar refractivity (Wildman–Crippen MR) is 99.2 cm³/mol. The van der Waals surface area contributed by atoms with Crippen molar-refractivity contribution in [2.45, 2.75) is 29.6 Å². The molecule has 0 atom stereocenters. The molecule has 5 heteroatoms. The average Bonchev–Trinajstić information content (AvgIpc) is 2.63. The molecule has 0 saturated carbocycles. The molecule has 0 aromatic heterocycles. The molecule has 0 bridgehead atoms. The highest BCUT2D eigenvalue weighted by Crippen LogP contribution is 2.30. The quantitative estimate of drug-likeness (QED) is 0.808. The van der Waals surface area contributed by atoms with Gasteiger partial charge in [-0.25, -0.2) is 0 Å². The van der Waals surface area contributed by atoms with Gasteiger partial charge in [0.05, 0.1) is 0 Å². The molecular formula is C20H21NO3S. The van der Waals surface area contributed by atoms with E-state index in [0.29, 0.717) is 18.8 Å². The molecule has 1 amide bonds. The summed E-state index contributed by atoms with van der Waals surface area (Å²) in [5, 5.41) is 3.01. The van der Waals surface area contributed by atoms with Crippen molar-refractivity contribution in [2.24, 2.45) is 5.92 Å². The second-order valence-corrected chi connectivity index (χ2v) is 7.23. The highest BCUT2D eigenvalue weighted by atomic mass is 32.2. The summed E-state index contributed by atoms with van der Waals surface area (Å²) in [4.78, 5) is 25.8. The number of Topliss-reactive ketones (excluding diaryl/α,β-unsaturated/α-hetero) is 1. The lowest BCUT2D eigenvalue weighted by molar-refractivity contribution is -0.122. The van der Waals surface area contributed by atoms with Crippen LogP contribution in [-0.2, 0) is 9.53 Å². The first-order valence-corrected chi connectivity index (χ1v) is 9.21. The van der Waals surface area contributed by atoms with Crippen LogP contribution in [-0.4, -0.2) is 24.9 Å². The zero-order chi connectivity index (χ0) is 17.6. The number of hydrogen-bond acceptors (Lipinski definition) is 4. The van der Waals surface area contributed by atoms with E-state index in [-0.39, 0.29) is 17.6 Å². The van der Waals surface area contributed by atoms with Crippen LogP contribution in [0.1, 0.15) is 30.1 Å². The molecule has 1 N–H and O–H groups in total. The minimum atomic E-state index is 0.0317. The summed E-state index contributed by atoms with van der Waals surface area (Å²) in [5.74, 6) is 0.162. The van der Waals surface area contributed by atoms with Crippen LogP contribution in [0.15, 0.2) is 58.3 Å². The Balaban J connectivity index is 1.64. The first-order chi connectivity index (χ1) is 12.1. The van der Waals surface area contributed by atoms with Gasteiger partial charge in [0.25, 0.3) is 0 Å². The number of carbonyl (C=O) groups is 2. The van der Waals surface area contributed by atoms with Crippen molar-refractivity contribution in [3.05, 3.63) is 54.1 Å². The number of anilines is 1. The van der Waals surface area contributed by atoms with Crippen molar-refractivity contribution < 1.29 is 14.3 Å². The monoisotopic (exact) mass is 355 g/mol.